The lowest BCUT2D eigenvalue weighted by Gasteiger charge is -2.05. The average molecular weight is 343 g/mol. The van der Waals surface area contributed by atoms with Crippen molar-refractivity contribution in [3.8, 4) is 0 Å². The maximum absolute atomic E-state index is 11.4. The molecule has 0 fully saturated rings. The van der Waals surface area contributed by atoms with Crippen LogP contribution < -0.4 is 0 Å². The Hall–Kier alpha value is -1.06. The summed E-state index contributed by atoms with van der Waals surface area (Å²) < 4.78 is 9.55. The Bertz CT molecular complexity index is 302. The highest BCUT2D eigenvalue weighted by Gasteiger charge is 2.07. The molecule has 0 saturated heterocycles. The molecule has 0 atom stereocenters. The quantitative estimate of drug-likeness (QED) is 0.256. The minimum atomic E-state index is -0.476. The predicted molar refractivity (Wildman–Crippen MR) is 97.9 cm³/mol. The van der Waals surface area contributed by atoms with Crippen LogP contribution in [0.1, 0.15) is 104 Å². The zero-order valence-corrected chi connectivity index (χ0v) is 15.9. The van der Waals surface area contributed by atoms with Crippen molar-refractivity contribution >= 4 is 11.9 Å². The number of carbonyl (C=O) groups is 2. The van der Waals surface area contributed by atoms with Crippen molar-refractivity contribution in [2.75, 3.05) is 13.2 Å². The average Bonchev–Trinajstić information content (AvgIpc) is 2.57. The molecule has 0 aliphatic heterocycles. The summed E-state index contributed by atoms with van der Waals surface area (Å²) in [4.78, 5) is 22.5. The SMILES string of the molecule is CCCCCCCCCCCCCCCC(=O)OCC(=O)OCC. The first-order valence-electron chi connectivity index (χ1n) is 10.0. The van der Waals surface area contributed by atoms with Gasteiger partial charge in [-0.05, 0) is 13.3 Å². The number of ether oxygens (including phenoxy) is 2. The monoisotopic (exact) mass is 342 g/mol. The molecule has 0 aliphatic carbocycles. The second-order valence-electron chi connectivity index (χ2n) is 6.46. The van der Waals surface area contributed by atoms with Crippen LogP contribution in [0.3, 0.4) is 0 Å². The Morgan fingerprint density at radius 3 is 1.50 bits per heavy atom. The van der Waals surface area contributed by atoms with Gasteiger partial charge in [0.05, 0.1) is 6.61 Å². The second kappa shape index (κ2) is 18.3. The third-order valence-electron chi connectivity index (χ3n) is 4.14. The molecule has 0 amide bonds. The third-order valence-corrected chi connectivity index (χ3v) is 4.14. The molecule has 0 bridgehead atoms. The number of hydrogen-bond donors (Lipinski definition) is 0. The molecule has 4 heteroatoms. The zero-order chi connectivity index (χ0) is 17.9. The summed E-state index contributed by atoms with van der Waals surface area (Å²) in [6.07, 6.45) is 17.1. The topological polar surface area (TPSA) is 52.6 Å². The number of carbonyl (C=O) groups excluding carboxylic acids is 2. The normalized spacial score (nSPS) is 10.6. The number of unbranched alkanes of at least 4 members (excludes halogenated alkanes) is 12. The van der Waals surface area contributed by atoms with E-state index in [1.165, 1.54) is 70.6 Å². The third kappa shape index (κ3) is 17.3. The summed E-state index contributed by atoms with van der Waals surface area (Å²) in [5.41, 5.74) is 0. The van der Waals surface area contributed by atoms with Gasteiger partial charge >= 0.3 is 11.9 Å². The van der Waals surface area contributed by atoms with Crippen molar-refractivity contribution in [3.05, 3.63) is 0 Å². The molecular weight excluding hydrogens is 304 g/mol. The highest BCUT2D eigenvalue weighted by atomic mass is 16.6. The largest absolute Gasteiger partial charge is 0.463 e. The van der Waals surface area contributed by atoms with E-state index in [0.717, 1.165) is 12.8 Å². The van der Waals surface area contributed by atoms with Crippen LogP contribution in [-0.4, -0.2) is 25.2 Å². The van der Waals surface area contributed by atoms with Crippen LogP contribution in [0.15, 0.2) is 0 Å². The first-order chi connectivity index (χ1) is 11.7. The van der Waals surface area contributed by atoms with E-state index in [1.54, 1.807) is 6.92 Å². The standard InChI is InChI=1S/C20H38O4/c1-3-5-6-7-8-9-10-11-12-13-14-15-16-17-19(21)24-18-20(22)23-4-2/h3-18H2,1-2H3. The van der Waals surface area contributed by atoms with Crippen molar-refractivity contribution in [2.45, 2.75) is 104 Å². The minimum Gasteiger partial charge on any atom is -0.463 e. The molecule has 142 valence electrons. The highest BCUT2D eigenvalue weighted by Crippen LogP contribution is 2.13. The molecule has 0 heterocycles. The molecule has 0 saturated carbocycles. The minimum absolute atomic E-state index is 0.259. The molecular formula is C20H38O4. The number of rotatable bonds is 17. The first kappa shape index (κ1) is 22.9. The fourth-order valence-electron chi connectivity index (χ4n) is 2.70. The molecule has 4 nitrogen and oxygen atoms in total. The first-order valence-corrected chi connectivity index (χ1v) is 10.0. The van der Waals surface area contributed by atoms with Crippen LogP contribution >= 0.6 is 0 Å². The van der Waals surface area contributed by atoms with E-state index in [2.05, 4.69) is 6.92 Å². The van der Waals surface area contributed by atoms with Crippen LogP contribution in [0.2, 0.25) is 0 Å². The molecule has 0 aliphatic rings. The van der Waals surface area contributed by atoms with Crippen LogP contribution in [0.5, 0.6) is 0 Å². The van der Waals surface area contributed by atoms with E-state index in [9.17, 15) is 9.59 Å². The van der Waals surface area contributed by atoms with Gasteiger partial charge in [-0.1, -0.05) is 84.0 Å². The van der Waals surface area contributed by atoms with Crippen LogP contribution in [0, 0.1) is 0 Å². The van der Waals surface area contributed by atoms with Crippen molar-refractivity contribution in [3.63, 3.8) is 0 Å². The molecule has 0 spiro atoms. The Morgan fingerprint density at radius 1 is 0.583 bits per heavy atom. The van der Waals surface area contributed by atoms with E-state index >= 15 is 0 Å². The lowest BCUT2D eigenvalue weighted by atomic mass is 10.0. The van der Waals surface area contributed by atoms with E-state index in [4.69, 9.17) is 9.47 Å². The van der Waals surface area contributed by atoms with Crippen LogP contribution in [0.25, 0.3) is 0 Å². The maximum Gasteiger partial charge on any atom is 0.344 e. The van der Waals surface area contributed by atoms with Crippen LogP contribution in [0.4, 0.5) is 0 Å². The highest BCUT2D eigenvalue weighted by molar-refractivity contribution is 5.76. The second-order valence-corrected chi connectivity index (χ2v) is 6.46. The summed E-state index contributed by atoms with van der Waals surface area (Å²) in [5.74, 6) is -0.776. The molecule has 0 unspecified atom stereocenters. The maximum atomic E-state index is 11.4. The Balaban J connectivity index is 3.19. The summed E-state index contributed by atoms with van der Waals surface area (Å²) in [6.45, 7) is 4.04. The molecule has 0 aromatic rings. The molecule has 0 rings (SSSR count). The van der Waals surface area contributed by atoms with E-state index in [0.29, 0.717) is 13.0 Å². The Labute approximate surface area is 148 Å². The lowest BCUT2D eigenvalue weighted by Crippen LogP contribution is -2.16. The van der Waals surface area contributed by atoms with E-state index in [-0.39, 0.29) is 12.6 Å². The van der Waals surface area contributed by atoms with E-state index < -0.39 is 5.97 Å². The van der Waals surface area contributed by atoms with Gasteiger partial charge in [0, 0.05) is 6.42 Å². The van der Waals surface area contributed by atoms with Crippen molar-refractivity contribution < 1.29 is 19.1 Å². The van der Waals surface area contributed by atoms with Gasteiger partial charge in [0.25, 0.3) is 0 Å². The predicted octanol–water partition coefficient (Wildman–Crippen LogP) is 5.57. The van der Waals surface area contributed by atoms with Gasteiger partial charge in [-0.2, -0.15) is 0 Å². The fourth-order valence-corrected chi connectivity index (χ4v) is 2.70. The molecule has 0 N–H and O–H groups in total. The fraction of sp³-hybridized carbons (Fsp3) is 0.900. The number of hydrogen-bond acceptors (Lipinski definition) is 4. The summed E-state index contributed by atoms with van der Waals surface area (Å²) in [6, 6.07) is 0. The molecule has 0 aromatic carbocycles. The van der Waals surface area contributed by atoms with E-state index in [1.807, 2.05) is 0 Å². The van der Waals surface area contributed by atoms with Gasteiger partial charge in [-0.15, -0.1) is 0 Å². The summed E-state index contributed by atoms with van der Waals surface area (Å²) in [7, 11) is 0. The smallest absolute Gasteiger partial charge is 0.344 e. The van der Waals surface area contributed by atoms with Crippen LogP contribution in [-0.2, 0) is 19.1 Å². The molecule has 0 aromatic heterocycles. The van der Waals surface area contributed by atoms with Gasteiger partial charge in [-0.25, -0.2) is 4.79 Å². The van der Waals surface area contributed by atoms with Crippen molar-refractivity contribution in [1.29, 1.82) is 0 Å². The number of esters is 2. The van der Waals surface area contributed by atoms with Crippen molar-refractivity contribution in [1.82, 2.24) is 0 Å². The van der Waals surface area contributed by atoms with Gasteiger partial charge in [0.1, 0.15) is 0 Å². The van der Waals surface area contributed by atoms with Gasteiger partial charge in [-0.3, -0.25) is 4.79 Å². The van der Waals surface area contributed by atoms with Crippen molar-refractivity contribution in [2.24, 2.45) is 0 Å². The Morgan fingerprint density at radius 2 is 1.04 bits per heavy atom. The summed E-state index contributed by atoms with van der Waals surface area (Å²) >= 11 is 0. The van der Waals surface area contributed by atoms with Gasteiger partial charge in [0.2, 0.25) is 0 Å². The Kier molecular flexibility index (Phi) is 17.5. The zero-order valence-electron chi connectivity index (χ0n) is 15.9. The molecule has 0 radical (unpaired) electrons. The van der Waals surface area contributed by atoms with Gasteiger partial charge < -0.3 is 9.47 Å². The van der Waals surface area contributed by atoms with Gasteiger partial charge in [0.15, 0.2) is 6.61 Å². The molecule has 24 heavy (non-hydrogen) atoms. The summed E-state index contributed by atoms with van der Waals surface area (Å²) in [5, 5.41) is 0. The lowest BCUT2D eigenvalue weighted by molar-refractivity contribution is -0.158.